The van der Waals surface area contributed by atoms with E-state index in [0.717, 1.165) is 6.07 Å². The SMILES string of the molecule is Cl.NC1COCCC1C(=O)Nc1ccc(F)c(S(F)(F)(F)(F)F)c1. The summed E-state index contributed by atoms with van der Waals surface area (Å²) in [6, 6.07) is 0.219. The molecule has 0 saturated carbocycles. The van der Waals surface area contributed by atoms with E-state index in [4.69, 9.17) is 10.5 Å². The molecule has 0 radical (unpaired) electrons. The summed E-state index contributed by atoms with van der Waals surface area (Å²) in [4.78, 5) is 9.32. The zero-order valence-corrected chi connectivity index (χ0v) is 13.6. The molecule has 1 aliphatic heterocycles. The summed E-state index contributed by atoms with van der Waals surface area (Å²) in [7, 11) is -10.2. The Kier molecular flexibility index (Phi) is 5.19. The van der Waals surface area contributed by atoms with Crippen LogP contribution in [0, 0.1) is 11.7 Å². The molecule has 1 saturated heterocycles. The summed E-state index contributed by atoms with van der Waals surface area (Å²) in [5.74, 6) is -3.58. The van der Waals surface area contributed by atoms with Crippen molar-refractivity contribution < 1.29 is 33.4 Å². The van der Waals surface area contributed by atoms with Gasteiger partial charge in [0, 0.05) is 18.3 Å². The second kappa shape index (κ2) is 5.97. The van der Waals surface area contributed by atoms with E-state index in [0.29, 0.717) is 0 Å². The zero-order valence-electron chi connectivity index (χ0n) is 12.0. The minimum absolute atomic E-state index is 0. The lowest BCUT2D eigenvalue weighted by atomic mass is 9.94. The number of ether oxygens (including phenoxy) is 1. The molecule has 140 valence electrons. The van der Waals surface area contributed by atoms with Crippen molar-refractivity contribution in [2.24, 2.45) is 11.7 Å². The van der Waals surface area contributed by atoms with E-state index in [1.54, 1.807) is 0 Å². The first-order chi connectivity index (χ1) is 10.3. The van der Waals surface area contributed by atoms with Gasteiger partial charge in [-0.2, -0.15) is 0 Å². The van der Waals surface area contributed by atoms with Crippen LogP contribution in [-0.4, -0.2) is 25.2 Å². The van der Waals surface area contributed by atoms with Gasteiger partial charge in [0.1, 0.15) is 10.7 Å². The van der Waals surface area contributed by atoms with Gasteiger partial charge in [-0.15, -0.1) is 12.4 Å². The molecule has 12 heteroatoms. The Labute approximate surface area is 139 Å². The van der Waals surface area contributed by atoms with Crippen LogP contribution in [-0.2, 0) is 9.53 Å². The highest BCUT2D eigenvalue weighted by Gasteiger charge is 2.67. The summed E-state index contributed by atoms with van der Waals surface area (Å²) >= 11 is 0. The molecule has 2 atom stereocenters. The third-order valence-electron chi connectivity index (χ3n) is 3.35. The zero-order chi connectivity index (χ0) is 17.5. The standard InChI is InChI=1S/C12H14F6N2O2S.ClH/c13-9-2-1-7(5-11(9)23(14,15,16,17)18)20-12(21)8-3-4-22-6-10(8)19;/h1-2,5,8,10H,3-4,6,19H2,(H,20,21);1H. The molecule has 2 unspecified atom stereocenters. The van der Waals surface area contributed by atoms with Crippen LogP contribution >= 0.6 is 22.6 Å². The molecule has 1 aromatic carbocycles. The number of halogens is 7. The summed E-state index contributed by atoms with van der Waals surface area (Å²) in [6.45, 7) is 0.337. The average molecular weight is 401 g/mol. The van der Waals surface area contributed by atoms with E-state index in [1.165, 1.54) is 0 Å². The molecule has 1 amide bonds. The van der Waals surface area contributed by atoms with Crippen molar-refractivity contribution in [3.63, 3.8) is 0 Å². The first-order valence-electron chi connectivity index (χ1n) is 6.46. The van der Waals surface area contributed by atoms with E-state index in [9.17, 15) is 28.6 Å². The highest BCUT2D eigenvalue weighted by Crippen LogP contribution is 3.02. The Hall–Kier alpha value is -1.17. The molecule has 2 rings (SSSR count). The van der Waals surface area contributed by atoms with Gasteiger partial charge in [0.25, 0.3) is 0 Å². The van der Waals surface area contributed by atoms with Crippen LogP contribution in [0.2, 0.25) is 0 Å². The summed E-state index contributed by atoms with van der Waals surface area (Å²) < 4.78 is 82.0. The van der Waals surface area contributed by atoms with Gasteiger partial charge in [-0.3, -0.25) is 4.79 Å². The second-order valence-corrected chi connectivity index (χ2v) is 7.62. The third kappa shape index (κ3) is 4.91. The number of amides is 1. The molecule has 3 N–H and O–H groups in total. The lowest BCUT2D eigenvalue weighted by molar-refractivity contribution is -0.123. The molecule has 1 heterocycles. The molecule has 1 aliphatic rings. The first-order valence-corrected chi connectivity index (χ1v) is 8.41. The molecule has 0 spiro atoms. The Morgan fingerprint density at radius 1 is 1.25 bits per heavy atom. The molecule has 1 aromatic rings. The van der Waals surface area contributed by atoms with E-state index in [1.807, 2.05) is 0 Å². The molecular weight excluding hydrogens is 386 g/mol. The smallest absolute Gasteiger partial charge is 0.313 e. The summed E-state index contributed by atoms with van der Waals surface area (Å²) in [6.07, 6.45) is 0.239. The summed E-state index contributed by atoms with van der Waals surface area (Å²) in [5, 5.41) is 2.06. The van der Waals surface area contributed by atoms with Crippen molar-refractivity contribution in [3.8, 4) is 0 Å². The third-order valence-corrected chi connectivity index (χ3v) is 4.50. The quantitative estimate of drug-likeness (QED) is 0.747. The number of rotatable bonds is 3. The fourth-order valence-electron chi connectivity index (χ4n) is 2.20. The van der Waals surface area contributed by atoms with Crippen molar-refractivity contribution in [1.82, 2.24) is 0 Å². The maximum absolute atomic E-state index is 13.2. The second-order valence-electron chi connectivity index (χ2n) is 5.24. The topological polar surface area (TPSA) is 64.3 Å². The maximum Gasteiger partial charge on any atom is 0.313 e. The number of nitrogens with two attached hydrogens (primary N) is 1. The predicted molar refractivity (Wildman–Crippen MR) is 80.6 cm³/mol. The fraction of sp³-hybridized carbons (Fsp3) is 0.417. The molecule has 0 aliphatic carbocycles. The molecule has 4 nitrogen and oxygen atoms in total. The largest absolute Gasteiger partial charge is 0.380 e. The van der Waals surface area contributed by atoms with Crippen molar-refractivity contribution in [3.05, 3.63) is 24.0 Å². The number of anilines is 1. The minimum atomic E-state index is -10.2. The van der Waals surface area contributed by atoms with Gasteiger partial charge < -0.3 is 15.8 Å². The van der Waals surface area contributed by atoms with Crippen molar-refractivity contribution in [2.45, 2.75) is 17.4 Å². The van der Waals surface area contributed by atoms with Crippen LogP contribution in [0.5, 0.6) is 0 Å². The molecule has 0 aromatic heterocycles. The fourth-order valence-corrected chi connectivity index (χ4v) is 2.98. The molecule has 0 bridgehead atoms. The number of carbonyl (C=O) groups is 1. The number of hydrogen-bond donors (Lipinski definition) is 2. The number of nitrogens with one attached hydrogen (secondary N) is 1. The maximum atomic E-state index is 13.2. The number of benzene rings is 1. The monoisotopic (exact) mass is 400 g/mol. The Morgan fingerprint density at radius 3 is 2.42 bits per heavy atom. The van der Waals surface area contributed by atoms with Crippen LogP contribution in [0.3, 0.4) is 0 Å². The minimum Gasteiger partial charge on any atom is -0.380 e. The highest BCUT2D eigenvalue weighted by atomic mass is 35.5. The van der Waals surface area contributed by atoms with E-state index >= 15 is 0 Å². The lowest BCUT2D eigenvalue weighted by Gasteiger charge is -2.40. The van der Waals surface area contributed by atoms with Gasteiger partial charge in [-0.1, -0.05) is 19.4 Å². The van der Waals surface area contributed by atoms with Crippen LogP contribution in [0.15, 0.2) is 23.1 Å². The van der Waals surface area contributed by atoms with Gasteiger partial charge in [0.05, 0.1) is 12.5 Å². The van der Waals surface area contributed by atoms with Crippen LogP contribution in [0.25, 0.3) is 0 Å². The van der Waals surface area contributed by atoms with Crippen LogP contribution in [0.4, 0.5) is 29.5 Å². The first kappa shape index (κ1) is 20.9. The number of hydrogen-bond acceptors (Lipinski definition) is 3. The predicted octanol–water partition coefficient (Wildman–Crippen LogP) is 4.21. The van der Waals surface area contributed by atoms with Crippen molar-refractivity contribution >= 4 is 34.2 Å². The van der Waals surface area contributed by atoms with Gasteiger partial charge in [-0.05, 0) is 24.6 Å². The average Bonchev–Trinajstić information content (AvgIpc) is 2.38. The van der Waals surface area contributed by atoms with Gasteiger partial charge in [-0.25, -0.2) is 4.39 Å². The van der Waals surface area contributed by atoms with Crippen molar-refractivity contribution in [2.75, 3.05) is 18.5 Å². The van der Waals surface area contributed by atoms with Gasteiger partial charge >= 0.3 is 10.2 Å². The summed E-state index contributed by atoms with van der Waals surface area (Å²) in [5.41, 5.74) is 5.07. The van der Waals surface area contributed by atoms with Gasteiger partial charge in [0.2, 0.25) is 5.91 Å². The molecular formula is C12H15ClF6N2O2S. The van der Waals surface area contributed by atoms with Crippen LogP contribution < -0.4 is 11.1 Å². The number of carbonyl (C=O) groups excluding carboxylic acids is 1. The van der Waals surface area contributed by atoms with E-state index < -0.39 is 44.5 Å². The normalized spacial score (nSPS) is 24.3. The van der Waals surface area contributed by atoms with E-state index in [2.05, 4.69) is 5.32 Å². The highest BCUT2D eigenvalue weighted by molar-refractivity contribution is 8.45. The Balaban J connectivity index is 0.00000288. The lowest BCUT2D eigenvalue weighted by Crippen LogP contribution is -2.45. The van der Waals surface area contributed by atoms with Crippen LogP contribution in [0.1, 0.15) is 6.42 Å². The Morgan fingerprint density at radius 2 is 1.88 bits per heavy atom. The van der Waals surface area contributed by atoms with E-state index in [-0.39, 0.29) is 44.2 Å². The molecule has 1 fully saturated rings. The van der Waals surface area contributed by atoms with Gasteiger partial charge in [0.15, 0.2) is 0 Å². The molecule has 24 heavy (non-hydrogen) atoms. The Bertz CT molecular complexity index is 642. The van der Waals surface area contributed by atoms with Crippen molar-refractivity contribution in [1.29, 1.82) is 0 Å².